The molecule has 0 amide bonds. The SMILES string of the molecule is CCc1cc(NC(C)c2ccccc2O)n2nc(C)c(C)c2n1. The number of nitrogens with zero attached hydrogens (tertiary/aromatic N) is 3. The molecule has 1 aromatic carbocycles. The van der Waals surface area contributed by atoms with Crippen molar-refractivity contribution in [3.63, 3.8) is 0 Å². The van der Waals surface area contributed by atoms with E-state index in [0.717, 1.165) is 40.4 Å². The van der Waals surface area contributed by atoms with Crippen LogP contribution in [-0.2, 0) is 6.42 Å². The number of anilines is 1. The smallest absolute Gasteiger partial charge is 0.160 e. The van der Waals surface area contributed by atoms with Crippen LogP contribution in [0.4, 0.5) is 5.82 Å². The summed E-state index contributed by atoms with van der Waals surface area (Å²) in [7, 11) is 0. The van der Waals surface area contributed by atoms with Gasteiger partial charge in [-0.1, -0.05) is 25.1 Å². The maximum absolute atomic E-state index is 10.0. The minimum atomic E-state index is -0.0451. The molecule has 0 radical (unpaired) electrons. The first kappa shape index (κ1) is 15.3. The van der Waals surface area contributed by atoms with Crippen LogP contribution in [-0.4, -0.2) is 19.7 Å². The van der Waals surface area contributed by atoms with Gasteiger partial charge in [0.2, 0.25) is 0 Å². The average Bonchev–Trinajstić information content (AvgIpc) is 2.83. The molecule has 1 unspecified atom stereocenters. The van der Waals surface area contributed by atoms with Crippen LogP contribution in [0.1, 0.15) is 42.4 Å². The van der Waals surface area contributed by atoms with Gasteiger partial charge in [0.25, 0.3) is 0 Å². The second-order valence-corrected chi connectivity index (χ2v) is 5.86. The fourth-order valence-electron chi connectivity index (χ4n) is 2.72. The summed E-state index contributed by atoms with van der Waals surface area (Å²) in [5.41, 5.74) is 4.83. The van der Waals surface area contributed by atoms with Gasteiger partial charge in [0.05, 0.1) is 11.7 Å². The lowest BCUT2D eigenvalue weighted by atomic mass is 10.1. The van der Waals surface area contributed by atoms with Gasteiger partial charge in [0.1, 0.15) is 11.6 Å². The van der Waals surface area contributed by atoms with Crippen molar-refractivity contribution in [3.05, 3.63) is 52.8 Å². The van der Waals surface area contributed by atoms with Crippen molar-refractivity contribution in [1.29, 1.82) is 0 Å². The minimum Gasteiger partial charge on any atom is -0.508 e. The molecular formula is C18H22N4O. The maximum Gasteiger partial charge on any atom is 0.160 e. The molecule has 0 spiro atoms. The zero-order chi connectivity index (χ0) is 16.6. The van der Waals surface area contributed by atoms with Crippen LogP contribution in [0.3, 0.4) is 0 Å². The second-order valence-electron chi connectivity index (χ2n) is 5.86. The molecular weight excluding hydrogens is 288 g/mol. The fourth-order valence-corrected chi connectivity index (χ4v) is 2.72. The number of aromatic nitrogens is 3. The van der Waals surface area contributed by atoms with Gasteiger partial charge in [0, 0.05) is 22.9 Å². The summed E-state index contributed by atoms with van der Waals surface area (Å²) in [4.78, 5) is 4.68. The Balaban J connectivity index is 2.05. The van der Waals surface area contributed by atoms with Gasteiger partial charge in [-0.05, 0) is 33.3 Å². The molecule has 0 saturated carbocycles. The van der Waals surface area contributed by atoms with Crippen molar-refractivity contribution in [3.8, 4) is 5.75 Å². The Bertz CT molecular complexity index is 854. The molecule has 23 heavy (non-hydrogen) atoms. The van der Waals surface area contributed by atoms with Crippen LogP contribution in [0, 0.1) is 13.8 Å². The standard InChI is InChI=1S/C18H22N4O/c1-5-14-10-17(22-18(20-14)11(2)12(3)21-22)19-13(4)15-8-6-7-9-16(15)23/h6-10,13,19,23H,5H2,1-4H3. The highest BCUT2D eigenvalue weighted by Gasteiger charge is 2.15. The van der Waals surface area contributed by atoms with Crippen molar-refractivity contribution in [1.82, 2.24) is 14.6 Å². The summed E-state index contributed by atoms with van der Waals surface area (Å²) in [6, 6.07) is 9.35. The number of phenolic OH excluding ortho intramolecular Hbond substituents is 1. The molecule has 5 heteroatoms. The Morgan fingerprint density at radius 1 is 1.26 bits per heavy atom. The van der Waals surface area contributed by atoms with E-state index >= 15 is 0 Å². The lowest BCUT2D eigenvalue weighted by Crippen LogP contribution is -2.12. The predicted molar refractivity (Wildman–Crippen MR) is 92.0 cm³/mol. The molecule has 3 rings (SSSR count). The largest absolute Gasteiger partial charge is 0.508 e. The second kappa shape index (κ2) is 5.91. The number of fused-ring (bicyclic) bond motifs is 1. The van der Waals surface area contributed by atoms with Crippen molar-refractivity contribution < 1.29 is 5.11 Å². The maximum atomic E-state index is 10.0. The number of hydrogen-bond donors (Lipinski definition) is 2. The van der Waals surface area contributed by atoms with Gasteiger partial charge >= 0.3 is 0 Å². The summed E-state index contributed by atoms with van der Waals surface area (Å²) < 4.78 is 1.85. The molecule has 3 aromatic rings. The zero-order valence-electron chi connectivity index (χ0n) is 14.0. The van der Waals surface area contributed by atoms with Crippen LogP contribution in [0.2, 0.25) is 0 Å². The monoisotopic (exact) mass is 310 g/mol. The number of phenols is 1. The third-order valence-corrected chi connectivity index (χ3v) is 4.24. The first-order valence-corrected chi connectivity index (χ1v) is 7.91. The van der Waals surface area contributed by atoms with Gasteiger partial charge in [0.15, 0.2) is 5.65 Å². The summed E-state index contributed by atoms with van der Waals surface area (Å²) in [6.45, 7) is 8.15. The van der Waals surface area contributed by atoms with E-state index in [4.69, 9.17) is 0 Å². The van der Waals surface area contributed by atoms with Crippen LogP contribution >= 0.6 is 0 Å². The molecule has 5 nitrogen and oxygen atoms in total. The number of rotatable bonds is 4. The fraction of sp³-hybridized carbons (Fsp3) is 0.333. The van der Waals surface area contributed by atoms with E-state index in [2.05, 4.69) is 22.3 Å². The number of aromatic hydroxyl groups is 1. The normalized spacial score (nSPS) is 12.5. The highest BCUT2D eigenvalue weighted by atomic mass is 16.3. The zero-order valence-corrected chi connectivity index (χ0v) is 14.0. The summed E-state index contributed by atoms with van der Waals surface area (Å²) >= 11 is 0. The van der Waals surface area contributed by atoms with Gasteiger partial charge in [-0.3, -0.25) is 0 Å². The molecule has 1 atom stereocenters. The molecule has 0 bridgehead atoms. The highest BCUT2D eigenvalue weighted by molar-refractivity contribution is 5.56. The van der Waals surface area contributed by atoms with Crippen molar-refractivity contribution in [2.45, 2.75) is 40.2 Å². The Hall–Kier alpha value is -2.56. The number of para-hydroxylation sites is 1. The number of benzene rings is 1. The molecule has 0 aliphatic heterocycles. The third kappa shape index (κ3) is 2.74. The molecule has 2 aromatic heterocycles. The van der Waals surface area contributed by atoms with E-state index in [1.165, 1.54) is 0 Å². The van der Waals surface area contributed by atoms with E-state index in [1.54, 1.807) is 6.07 Å². The van der Waals surface area contributed by atoms with Crippen molar-refractivity contribution >= 4 is 11.5 Å². The summed E-state index contributed by atoms with van der Waals surface area (Å²) in [6.07, 6.45) is 0.861. The summed E-state index contributed by atoms with van der Waals surface area (Å²) in [5, 5.41) is 18.1. The van der Waals surface area contributed by atoms with E-state index in [9.17, 15) is 5.11 Å². The van der Waals surface area contributed by atoms with Crippen LogP contribution in [0.15, 0.2) is 30.3 Å². The Kier molecular flexibility index (Phi) is 3.94. The highest BCUT2D eigenvalue weighted by Crippen LogP contribution is 2.27. The predicted octanol–water partition coefficient (Wildman–Crippen LogP) is 3.79. The molecule has 2 N–H and O–H groups in total. The average molecular weight is 310 g/mol. The lowest BCUT2D eigenvalue weighted by Gasteiger charge is -2.18. The summed E-state index contributed by atoms with van der Waals surface area (Å²) in [5.74, 6) is 1.18. The van der Waals surface area contributed by atoms with Crippen molar-refractivity contribution in [2.24, 2.45) is 0 Å². The molecule has 0 aliphatic carbocycles. The Morgan fingerprint density at radius 3 is 2.70 bits per heavy atom. The van der Waals surface area contributed by atoms with E-state index < -0.39 is 0 Å². The lowest BCUT2D eigenvalue weighted by molar-refractivity contribution is 0.465. The van der Waals surface area contributed by atoms with Crippen molar-refractivity contribution in [2.75, 3.05) is 5.32 Å². The van der Waals surface area contributed by atoms with Gasteiger partial charge < -0.3 is 10.4 Å². The van der Waals surface area contributed by atoms with E-state index in [1.807, 2.05) is 49.6 Å². The van der Waals surface area contributed by atoms with Gasteiger partial charge in [-0.15, -0.1) is 0 Å². The molecule has 2 heterocycles. The van der Waals surface area contributed by atoms with Gasteiger partial charge in [-0.25, -0.2) is 4.98 Å². The molecule has 0 fully saturated rings. The third-order valence-electron chi connectivity index (χ3n) is 4.24. The van der Waals surface area contributed by atoms with Crippen LogP contribution < -0.4 is 5.32 Å². The van der Waals surface area contributed by atoms with E-state index in [-0.39, 0.29) is 6.04 Å². The Morgan fingerprint density at radius 2 is 2.00 bits per heavy atom. The number of aryl methyl sites for hydroxylation is 3. The molecule has 0 aliphatic rings. The van der Waals surface area contributed by atoms with Gasteiger partial charge in [-0.2, -0.15) is 9.61 Å². The minimum absolute atomic E-state index is 0.0451. The van der Waals surface area contributed by atoms with Crippen LogP contribution in [0.5, 0.6) is 5.75 Å². The first-order valence-electron chi connectivity index (χ1n) is 7.91. The first-order chi connectivity index (χ1) is 11.0. The Labute approximate surface area is 136 Å². The quantitative estimate of drug-likeness (QED) is 0.769. The molecule has 0 saturated heterocycles. The van der Waals surface area contributed by atoms with Crippen LogP contribution in [0.25, 0.3) is 5.65 Å². The number of hydrogen-bond acceptors (Lipinski definition) is 4. The van der Waals surface area contributed by atoms with E-state index in [0.29, 0.717) is 5.75 Å². The topological polar surface area (TPSA) is 62.5 Å². The molecule has 120 valence electrons. The number of nitrogens with one attached hydrogen (secondary N) is 1.